The lowest BCUT2D eigenvalue weighted by atomic mass is 9.84. The number of para-hydroxylation sites is 1. The highest BCUT2D eigenvalue weighted by molar-refractivity contribution is 8.93. The third kappa shape index (κ3) is 5.02. The number of aliphatic hydroxyl groups is 1. The standard InChI is InChI=1S/C23H29N3O.BrH/c27-23(20-8-2-1-3-9-20)13-17-26(18-14-23)16-6-15-24-22-12-11-19-7-4-5-10-21(19)25-22;/h1-5,7-10,27H,6,11-18H2,(H,24,25);1H. The fourth-order valence-corrected chi connectivity index (χ4v) is 4.13. The number of aliphatic imine (C=N–C) groups is 1. The van der Waals surface area contributed by atoms with Crippen molar-refractivity contribution in [3.63, 3.8) is 0 Å². The molecule has 2 heterocycles. The number of nitrogens with one attached hydrogen (secondary N) is 1. The van der Waals surface area contributed by atoms with Crippen molar-refractivity contribution in [2.24, 2.45) is 4.99 Å². The Balaban J connectivity index is 0.00000225. The van der Waals surface area contributed by atoms with Crippen LogP contribution in [-0.2, 0) is 12.0 Å². The maximum atomic E-state index is 10.9. The summed E-state index contributed by atoms with van der Waals surface area (Å²) in [5, 5.41) is 14.4. The van der Waals surface area contributed by atoms with E-state index in [0.29, 0.717) is 0 Å². The van der Waals surface area contributed by atoms with Gasteiger partial charge in [0.2, 0.25) is 0 Å². The largest absolute Gasteiger partial charge is 0.385 e. The fourth-order valence-electron chi connectivity index (χ4n) is 4.13. The quantitative estimate of drug-likeness (QED) is 0.680. The van der Waals surface area contributed by atoms with Gasteiger partial charge in [-0.25, -0.2) is 4.99 Å². The van der Waals surface area contributed by atoms with Crippen LogP contribution in [0.4, 0.5) is 5.69 Å². The average molecular weight is 444 g/mol. The molecular formula is C23H30BrN3O. The maximum absolute atomic E-state index is 10.9. The van der Waals surface area contributed by atoms with E-state index in [0.717, 1.165) is 75.4 Å². The topological polar surface area (TPSA) is 47.9 Å². The predicted molar refractivity (Wildman–Crippen MR) is 121 cm³/mol. The minimum absolute atomic E-state index is 0. The van der Waals surface area contributed by atoms with Gasteiger partial charge in [-0.2, -0.15) is 0 Å². The molecule has 0 unspecified atom stereocenters. The van der Waals surface area contributed by atoms with Crippen LogP contribution in [0.3, 0.4) is 0 Å². The summed E-state index contributed by atoms with van der Waals surface area (Å²) in [5.74, 6) is 1.12. The Morgan fingerprint density at radius 1 is 0.964 bits per heavy atom. The molecule has 1 fully saturated rings. The van der Waals surface area contributed by atoms with Crippen LogP contribution in [0.15, 0.2) is 59.6 Å². The molecule has 2 aromatic rings. The summed E-state index contributed by atoms with van der Waals surface area (Å²) >= 11 is 0. The molecule has 0 saturated carbocycles. The van der Waals surface area contributed by atoms with Crippen LogP contribution in [0, 0.1) is 0 Å². The Morgan fingerprint density at radius 2 is 1.68 bits per heavy atom. The minimum atomic E-state index is -0.653. The molecule has 2 aliphatic heterocycles. The Labute approximate surface area is 178 Å². The molecule has 0 radical (unpaired) electrons. The lowest BCUT2D eigenvalue weighted by molar-refractivity contribution is -0.0259. The number of halogens is 1. The molecule has 28 heavy (non-hydrogen) atoms. The monoisotopic (exact) mass is 443 g/mol. The van der Waals surface area contributed by atoms with E-state index in [4.69, 9.17) is 4.99 Å². The number of fused-ring (bicyclic) bond motifs is 1. The maximum Gasteiger partial charge on any atom is 0.103 e. The smallest absolute Gasteiger partial charge is 0.103 e. The van der Waals surface area contributed by atoms with Gasteiger partial charge >= 0.3 is 0 Å². The van der Waals surface area contributed by atoms with E-state index >= 15 is 0 Å². The Kier molecular flexibility index (Phi) is 7.27. The second-order valence-corrected chi connectivity index (χ2v) is 7.71. The Morgan fingerprint density at radius 3 is 2.46 bits per heavy atom. The summed E-state index contributed by atoms with van der Waals surface area (Å²) in [6, 6.07) is 18.5. The normalized spacial score (nSPS) is 18.5. The average Bonchev–Trinajstić information content (AvgIpc) is 2.73. The number of likely N-dealkylation sites (tertiary alicyclic amines) is 1. The van der Waals surface area contributed by atoms with Crippen LogP contribution in [0.5, 0.6) is 0 Å². The highest BCUT2D eigenvalue weighted by atomic mass is 79.9. The number of hydrogen-bond donors (Lipinski definition) is 2. The number of amidine groups is 1. The van der Waals surface area contributed by atoms with Crippen molar-refractivity contribution < 1.29 is 5.11 Å². The van der Waals surface area contributed by atoms with Gasteiger partial charge in [0, 0.05) is 26.1 Å². The molecule has 150 valence electrons. The molecule has 0 atom stereocenters. The number of nitrogens with zero attached hydrogens (tertiary/aromatic N) is 2. The molecule has 1 saturated heterocycles. The molecule has 4 rings (SSSR count). The van der Waals surface area contributed by atoms with Gasteiger partial charge in [-0.3, -0.25) is 0 Å². The molecule has 0 bridgehead atoms. The van der Waals surface area contributed by atoms with Crippen molar-refractivity contribution in [1.29, 1.82) is 0 Å². The molecule has 0 aliphatic carbocycles. The van der Waals surface area contributed by atoms with E-state index < -0.39 is 5.60 Å². The van der Waals surface area contributed by atoms with E-state index in [1.54, 1.807) is 0 Å². The van der Waals surface area contributed by atoms with Crippen LogP contribution in [0.25, 0.3) is 0 Å². The van der Waals surface area contributed by atoms with Gasteiger partial charge < -0.3 is 15.3 Å². The molecule has 5 heteroatoms. The van der Waals surface area contributed by atoms with Crippen molar-refractivity contribution in [3.8, 4) is 0 Å². The second-order valence-electron chi connectivity index (χ2n) is 7.71. The van der Waals surface area contributed by atoms with Gasteiger partial charge in [-0.1, -0.05) is 48.5 Å². The van der Waals surface area contributed by atoms with E-state index in [2.05, 4.69) is 34.5 Å². The Hall–Kier alpha value is -1.69. The lowest BCUT2D eigenvalue weighted by Gasteiger charge is -2.38. The zero-order valence-electron chi connectivity index (χ0n) is 16.3. The number of aryl methyl sites for hydroxylation is 1. The summed E-state index contributed by atoms with van der Waals surface area (Å²) < 4.78 is 0. The van der Waals surface area contributed by atoms with E-state index in [1.165, 1.54) is 5.56 Å². The van der Waals surface area contributed by atoms with Crippen LogP contribution < -0.4 is 5.32 Å². The SMILES string of the molecule is Br.OC1(c2ccccc2)CCN(CCCNC2=Nc3ccccc3CC2)CC1. The fraction of sp³-hybridized carbons (Fsp3) is 0.435. The van der Waals surface area contributed by atoms with Gasteiger partial charge in [0.25, 0.3) is 0 Å². The number of hydrogen-bond acceptors (Lipinski definition) is 4. The summed E-state index contributed by atoms with van der Waals surface area (Å²) in [6.07, 6.45) is 4.81. The summed E-state index contributed by atoms with van der Waals surface area (Å²) in [6.45, 7) is 3.95. The van der Waals surface area contributed by atoms with Gasteiger partial charge in [-0.15, -0.1) is 17.0 Å². The second kappa shape index (κ2) is 9.68. The highest BCUT2D eigenvalue weighted by Crippen LogP contribution is 2.32. The molecule has 2 aliphatic rings. The van der Waals surface area contributed by atoms with Gasteiger partial charge in [0.1, 0.15) is 5.84 Å². The first-order chi connectivity index (χ1) is 13.2. The first kappa shape index (κ1) is 21.0. The minimum Gasteiger partial charge on any atom is -0.385 e. The van der Waals surface area contributed by atoms with E-state index in [1.807, 2.05) is 30.3 Å². The molecule has 2 N–H and O–H groups in total. The predicted octanol–water partition coefficient (Wildman–Crippen LogP) is 4.20. The van der Waals surface area contributed by atoms with Crippen LogP contribution in [0.2, 0.25) is 0 Å². The van der Waals surface area contributed by atoms with Crippen molar-refractivity contribution >= 4 is 28.5 Å². The van der Waals surface area contributed by atoms with E-state index in [-0.39, 0.29) is 17.0 Å². The van der Waals surface area contributed by atoms with Crippen molar-refractivity contribution in [2.45, 2.75) is 37.7 Å². The van der Waals surface area contributed by atoms with Crippen LogP contribution >= 0.6 is 17.0 Å². The first-order valence-electron chi connectivity index (χ1n) is 10.1. The van der Waals surface area contributed by atoms with Crippen LogP contribution in [-0.4, -0.2) is 42.0 Å². The number of piperidine rings is 1. The molecule has 0 aromatic heterocycles. The summed E-state index contributed by atoms with van der Waals surface area (Å²) in [7, 11) is 0. The van der Waals surface area contributed by atoms with Crippen LogP contribution in [0.1, 0.15) is 36.8 Å². The van der Waals surface area contributed by atoms with Gasteiger partial charge in [0.05, 0.1) is 11.3 Å². The Bertz CT molecular complexity index is 785. The van der Waals surface area contributed by atoms with Crippen molar-refractivity contribution in [3.05, 3.63) is 65.7 Å². The molecular weight excluding hydrogens is 414 g/mol. The highest BCUT2D eigenvalue weighted by Gasteiger charge is 2.33. The van der Waals surface area contributed by atoms with Gasteiger partial charge in [-0.05, 0) is 49.4 Å². The third-order valence-corrected chi connectivity index (χ3v) is 5.85. The summed E-state index contributed by atoms with van der Waals surface area (Å²) in [5.41, 5.74) is 2.87. The first-order valence-corrected chi connectivity index (χ1v) is 10.1. The zero-order valence-corrected chi connectivity index (χ0v) is 18.0. The van der Waals surface area contributed by atoms with Crippen molar-refractivity contribution in [1.82, 2.24) is 10.2 Å². The summed E-state index contributed by atoms with van der Waals surface area (Å²) in [4.78, 5) is 7.21. The number of benzene rings is 2. The molecule has 0 spiro atoms. The van der Waals surface area contributed by atoms with E-state index in [9.17, 15) is 5.11 Å². The molecule has 4 nitrogen and oxygen atoms in total. The molecule has 2 aromatic carbocycles. The zero-order chi connectivity index (χ0) is 18.5. The van der Waals surface area contributed by atoms with Crippen molar-refractivity contribution in [2.75, 3.05) is 26.2 Å². The lowest BCUT2D eigenvalue weighted by Crippen LogP contribution is -2.43. The number of rotatable bonds is 5. The van der Waals surface area contributed by atoms with Gasteiger partial charge in [0.15, 0.2) is 0 Å². The third-order valence-electron chi connectivity index (χ3n) is 5.85. The molecule has 0 amide bonds.